The topological polar surface area (TPSA) is 55.3 Å². The highest BCUT2D eigenvalue weighted by atomic mass is 15.3. The van der Waals surface area contributed by atoms with E-state index in [-0.39, 0.29) is 6.29 Å². The molecular weight excluding hydrogens is 114 g/mol. The lowest BCUT2D eigenvalue weighted by Gasteiger charge is -2.22. The van der Waals surface area contributed by atoms with Gasteiger partial charge in [-0.3, -0.25) is 4.90 Å². The van der Waals surface area contributed by atoms with E-state index in [1.54, 1.807) is 0 Å². The first-order chi connectivity index (χ1) is 4.22. The Labute approximate surface area is 57.0 Å². The van der Waals surface area contributed by atoms with Crippen molar-refractivity contribution in [3.05, 3.63) is 0 Å². The minimum Gasteiger partial charge on any atom is -0.304 e. The van der Waals surface area contributed by atoms with E-state index in [9.17, 15) is 0 Å². The molecule has 0 aliphatic carbocycles. The van der Waals surface area contributed by atoms with E-state index in [2.05, 4.69) is 13.8 Å². The molecular formula is C6H17N3. The summed E-state index contributed by atoms with van der Waals surface area (Å²) >= 11 is 0. The molecule has 3 nitrogen and oxygen atoms in total. The van der Waals surface area contributed by atoms with E-state index >= 15 is 0 Å². The average molecular weight is 131 g/mol. The van der Waals surface area contributed by atoms with Gasteiger partial charge in [-0.05, 0) is 13.0 Å². The van der Waals surface area contributed by atoms with Crippen molar-refractivity contribution in [2.45, 2.75) is 26.6 Å². The third kappa shape index (κ3) is 3.46. The van der Waals surface area contributed by atoms with Crippen molar-refractivity contribution in [1.82, 2.24) is 4.90 Å². The van der Waals surface area contributed by atoms with Gasteiger partial charge in [-0.2, -0.15) is 0 Å². The maximum absolute atomic E-state index is 5.44. The predicted octanol–water partition coefficient (Wildman–Crippen LogP) is -0.0807. The fourth-order valence-corrected chi connectivity index (χ4v) is 0.805. The van der Waals surface area contributed by atoms with Crippen molar-refractivity contribution < 1.29 is 0 Å². The Bertz CT molecular complexity index is 63.3. The second kappa shape index (κ2) is 4.73. The van der Waals surface area contributed by atoms with Crippen molar-refractivity contribution in [3.63, 3.8) is 0 Å². The highest BCUT2D eigenvalue weighted by Gasteiger charge is 2.03. The molecule has 9 heavy (non-hydrogen) atoms. The van der Waals surface area contributed by atoms with E-state index < -0.39 is 0 Å². The van der Waals surface area contributed by atoms with Gasteiger partial charge in [0.1, 0.15) is 6.29 Å². The summed E-state index contributed by atoms with van der Waals surface area (Å²) < 4.78 is 0. The van der Waals surface area contributed by atoms with Crippen LogP contribution in [0.25, 0.3) is 0 Å². The van der Waals surface area contributed by atoms with Gasteiger partial charge in [0.2, 0.25) is 0 Å². The molecule has 56 valence electrons. The van der Waals surface area contributed by atoms with Gasteiger partial charge in [0.15, 0.2) is 0 Å². The summed E-state index contributed by atoms with van der Waals surface area (Å²) in [6.07, 6.45) is 0.827. The molecule has 0 amide bonds. The smallest absolute Gasteiger partial charge is 0.109 e. The van der Waals surface area contributed by atoms with Gasteiger partial charge in [-0.1, -0.05) is 13.8 Å². The highest BCUT2D eigenvalue weighted by Crippen LogP contribution is 1.88. The van der Waals surface area contributed by atoms with Crippen molar-refractivity contribution in [2.24, 2.45) is 11.5 Å². The standard InChI is InChI=1S/C6H17N3/c1-3-5-9(4-2)6(7)8/h6H,3-5,7-8H2,1-2H3. The van der Waals surface area contributed by atoms with E-state index in [0.717, 1.165) is 19.5 Å². The summed E-state index contributed by atoms with van der Waals surface area (Å²) in [5.74, 6) is 0. The average Bonchev–Trinajstić information content (AvgIpc) is 1.82. The second-order valence-corrected chi connectivity index (χ2v) is 2.12. The molecule has 0 spiro atoms. The molecule has 3 heteroatoms. The van der Waals surface area contributed by atoms with Crippen molar-refractivity contribution in [2.75, 3.05) is 13.1 Å². The SMILES string of the molecule is CCCN(CC)C(N)N. The number of nitrogens with two attached hydrogens (primary N) is 2. The Balaban J connectivity index is 3.41. The van der Waals surface area contributed by atoms with Crippen LogP contribution in [-0.4, -0.2) is 24.3 Å². The molecule has 0 bridgehead atoms. The van der Waals surface area contributed by atoms with Gasteiger partial charge in [-0.15, -0.1) is 0 Å². The summed E-state index contributed by atoms with van der Waals surface area (Å²) in [7, 11) is 0. The Morgan fingerprint density at radius 1 is 1.33 bits per heavy atom. The summed E-state index contributed by atoms with van der Waals surface area (Å²) in [5, 5.41) is 0. The molecule has 0 radical (unpaired) electrons. The molecule has 4 N–H and O–H groups in total. The first kappa shape index (κ1) is 8.88. The fraction of sp³-hybridized carbons (Fsp3) is 1.00. The normalized spacial score (nSPS) is 11.3. The summed E-state index contributed by atoms with van der Waals surface area (Å²) in [6, 6.07) is 0. The Morgan fingerprint density at radius 2 is 1.89 bits per heavy atom. The Morgan fingerprint density at radius 3 is 2.00 bits per heavy atom. The van der Waals surface area contributed by atoms with Gasteiger partial charge in [0, 0.05) is 6.54 Å². The summed E-state index contributed by atoms with van der Waals surface area (Å²) in [5.41, 5.74) is 10.9. The number of nitrogens with zero attached hydrogens (tertiary/aromatic N) is 1. The van der Waals surface area contributed by atoms with Crippen molar-refractivity contribution in [1.29, 1.82) is 0 Å². The van der Waals surface area contributed by atoms with Crippen LogP contribution >= 0.6 is 0 Å². The Kier molecular flexibility index (Phi) is 4.67. The zero-order chi connectivity index (χ0) is 7.28. The van der Waals surface area contributed by atoms with Gasteiger partial charge < -0.3 is 11.5 Å². The van der Waals surface area contributed by atoms with Crippen LogP contribution in [0.1, 0.15) is 20.3 Å². The first-order valence-corrected chi connectivity index (χ1v) is 3.47. The largest absolute Gasteiger partial charge is 0.304 e. The molecule has 0 fully saturated rings. The van der Waals surface area contributed by atoms with Crippen LogP contribution in [-0.2, 0) is 0 Å². The van der Waals surface area contributed by atoms with Crippen LogP contribution in [0.4, 0.5) is 0 Å². The molecule has 0 heterocycles. The zero-order valence-corrected chi connectivity index (χ0v) is 6.30. The summed E-state index contributed by atoms with van der Waals surface area (Å²) in [6.45, 7) is 6.10. The second-order valence-electron chi connectivity index (χ2n) is 2.12. The maximum Gasteiger partial charge on any atom is 0.109 e. The molecule has 0 saturated carbocycles. The van der Waals surface area contributed by atoms with Crippen LogP contribution < -0.4 is 11.5 Å². The molecule has 0 aromatic heterocycles. The first-order valence-electron chi connectivity index (χ1n) is 3.47. The molecule has 0 aromatic carbocycles. The van der Waals surface area contributed by atoms with Gasteiger partial charge in [0.05, 0.1) is 0 Å². The number of hydrogen-bond acceptors (Lipinski definition) is 3. The molecule has 0 saturated heterocycles. The van der Waals surface area contributed by atoms with Crippen LogP contribution in [0.5, 0.6) is 0 Å². The van der Waals surface area contributed by atoms with E-state index in [4.69, 9.17) is 11.5 Å². The number of hydrogen-bond donors (Lipinski definition) is 2. The molecule has 0 aliphatic heterocycles. The molecule has 0 aromatic rings. The van der Waals surface area contributed by atoms with Crippen LogP contribution in [0.3, 0.4) is 0 Å². The molecule has 0 unspecified atom stereocenters. The van der Waals surface area contributed by atoms with E-state index in [1.807, 2.05) is 4.90 Å². The molecule has 0 aliphatic rings. The lowest BCUT2D eigenvalue weighted by atomic mass is 10.4. The van der Waals surface area contributed by atoms with Crippen LogP contribution in [0.15, 0.2) is 0 Å². The minimum absolute atomic E-state index is 0.282. The lowest BCUT2D eigenvalue weighted by molar-refractivity contribution is 0.215. The third-order valence-corrected chi connectivity index (χ3v) is 1.34. The highest BCUT2D eigenvalue weighted by molar-refractivity contribution is 4.55. The van der Waals surface area contributed by atoms with E-state index in [1.165, 1.54) is 0 Å². The number of rotatable bonds is 4. The monoisotopic (exact) mass is 131 g/mol. The van der Waals surface area contributed by atoms with Crippen molar-refractivity contribution >= 4 is 0 Å². The van der Waals surface area contributed by atoms with Gasteiger partial charge >= 0.3 is 0 Å². The quantitative estimate of drug-likeness (QED) is 0.525. The molecule has 0 atom stereocenters. The minimum atomic E-state index is -0.282. The summed E-state index contributed by atoms with van der Waals surface area (Å²) in [4.78, 5) is 2.03. The maximum atomic E-state index is 5.44. The predicted molar refractivity (Wildman–Crippen MR) is 39.7 cm³/mol. The van der Waals surface area contributed by atoms with E-state index in [0.29, 0.717) is 0 Å². The molecule has 0 rings (SSSR count). The zero-order valence-electron chi connectivity index (χ0n) is 6.30. The third-order valence-electron chi connectivity index (χ3n) is 1.34. The lowest BCUT2D eigenvalue weighted by Crippen LogP contribution is -2.48. The van der Waals surface area contributed by atoms with Crippen LogP contribution in [0, 0.1) is 0 Å². The van der Waals surface area contributed by atoms with Gasteiger partial charge in [0.25, 0.3) is 0 Å². The Hall–Kier alpha value is -0.120. The van der Waals surface area contributed by atoms with Gasteiger partial charge in [-0.25, -0.2) is 0 Å². The van der Waals surface area contributed by atoms with Crippen molar-refractivity contribution in [3.8, 4) is 0 Å². The van der Waals surface area contributed by atoms with Crippen LogP contribution in [0.2, 0.25) is 0 Å². The fourth-order valence-electron chi connectivity index (χ4n) is 0.805.